The molecule has 0 aliphatic carbocycles. The van der Waals surface area contributed by atoms with Crippen molar-refractivity contribution in [2.24, 2.45) is 0 Å². The summed E-state index contributed by atoms with van der Waals surface area (Å²) in [5, 5.41) is 13.5. The maximum Gasteiger partial charge on any atom is 0.186 e. The molecule has 1 aliphatic rings. The smallest absolute Gasteiger partial charge is 0.186 e. The van der Waals surface area contributed by atoms with Crippen molar-refractivity contribution in [1.82, 2.24) is 4.98 Å². The maximum absolute atomic E-state index is 9.64. The van der Waals surface area contributed by atoms with Crippen molar-refractivity contribution in [1.29, 1.82) is 0 Å². The molecule has 0 radical (unpaired) electrons. The minimum absolute atomic E-state index is 0.265. The molecule has 2 heterocycles. The summed E-state index contributed by atoms with van der Waals surface area (Å²) in [6, 6.07) is 8.20. The van der Waals surface area contributed by atoms with E-state index in [9.17, 15) is 5.11 Å². The van der Waals surface area contributed by atoms with Crippen LogP contribution in [-0.2, 0) is 0 Å². The van der Waals surface area contributed by atoms with Crippen LogP contribution in [0.4, 0.5) is 5.13 Å². The number of benzene rings is 1. The highest BCUT2D eigenvalue weighted by Gasteiger charge is 2.27. The molecule has 3 rings (SSSR count). The first kappa shape index (κ1) is 14.8. The van der Waals surface area contributed by atoms with Crippen molar-refractivity contribution in [3.63, 3.8) is 0 Å². The summed E-state index contributed by atoms with van der Waals surface area (Å²) in [7, 11) is 0. The molecule has 2 atom stereocenters. The van der Waals surface area contributed by atoms with Crippen LogP contribution in [0.2, 0.25) is 5.02 Å². The number of nitrogens with zero attached hydrogens (tertiary/aromatic N) is 2. The lowest BCUT2D eigenvalue weighted by atomic mass is 10.1. The number of hydrogen-bond donors (Lipinski definition) is 1. The number of hydrogen-bond acceptors (Lipinski definition) is 4. The van der Waals surface area contributed by atoms with Crippen molar-refractivity contribution >= 4 is 28.1 Å². The molecule has 1 aromatic carbocycles. The van der Waals surface area contributed by atoms with Gasteiger partial charge in [0, 0.05) is 28.6 Å². The predicted molar refractivity (Wildman–Crippen MR) is 89.2 cm³/mol. The monoisotopic (exact) mass is 322 g/mol. The second kappa shape index (κ2) is 6.34. The Bertz CT molecular complexity index is 614. The Morgan fingerprint density at radius 2 is 2.29 bits per heavy atom. The average Bonchev–Trinajstić information content (AvgIpc) is 3.07. The van der Waals surface area contributed by atoms with E-state index in [-0.39, 0.29) is 6.10 Å². The first-order valence-electron chi connectivity index (χ1n) is 7.30. The summed E-state index contributed by atoms with van der Waals surface area (Å²) in [6.45, 7) is 2.88. The summed E-state index contributed by atoms with van der Waals surface area (Å²) in [6.07, 6.45) is 2.84. The third-order valence-electron chi connectivity index (χ3n) is 3.88. The summed E-state index contributed by atoms with van der Waals surface area (Å²) >= 11 is 7.90. The molecule has 21 heavy (non-hydrogen) atoms. The van der Waals surface area contributed by atoms with E-state index in [2.05, 4.69) is 10.3 Å². The predicted octanol–water partition coefficient (Wildman–Crippen LogP) is 4.20. The topological polar surface area (TPSA) is 36.4 Å². The minimum Gasteiger partial charge on any atom is -0.393 e. The van der Waals surface area contributed by atoms with Crippen molar-refractivity contribution < 1.29 is 5.11 Å². The van der Waals surface area contributed by atoms with Crippen LogP contribution in [0.5, 0.6) is 0 Å². The molecule has 1 N–H and O–H groups in total. The summed E-state index contributed by atoms with van der Waals surface area (Å²) in [4.78, 5) is 7.09. The first-order chi connectivity index (χ1) is 10.1. The second-order valence-electron chi connectivity index (χ2n) is 5.57. The number of halogens is 1. The van der Waals surface area contributed by atoms with E-state index >= 15 is 0 Å². The molecule has 2 aromatic rings. The van der Waals surface area contributed by atoms with E-state index < -0.39 is 0 Å². The highest BCUT2D eigenvalue weighted by molar-refractivity contribution is 7.14. The number of thiazole rings is 1. The summed E-state index contributed by atoms with van der Waals surface area (Å²) in [5.41, 5.74) is 1.91. The molecule has 1 fully saturated rings. The molecule has 0 saturated carbocycles. The number of aromatic nitrogens is 1. The zero-order chi connectivity index (χ0) is 14.8. The van der Waals surface area contributed by atoms with Crippen molar-refractivity contribution in [3.8, 4) is 11.3 Å². The standard InChI is InChI=1S/C16H19ClN2OS/c1-11(20)9-12-5-4-8-19(12)16-18-15(10-21-16)13-6-2-3-7-14(13)17/h2-3,6-7,10-12,20H,4-5,8-9H2,1H3. The van der Waals surface area contributed by atoms with Crippen LogP contribution < -0.4 is 4.90 Å². The summed E-state index contributed by atoms with van der Waals surface area (Å²) in [5.74, 6) is 0. The molecule has 0 spiro atoms. The molecule has 5 heteroatoms. The van der Waals surface area contributed by atoms with Crippen molar-refractivity contribution in [2.75, 3.05) is 11.4 Å². The van der Waals surface area contributed by atoms with Crippen LogP contribution in [-0.4, -0.2) is 28.8 Å². The fourth-order valence-electron chi connectivity index (χ4n) is 2.92. The third kappa shape index (κ3) is 3.23. The van der Waals surface area contributed by atoms with Gasteiger partial charge in [-0.05, 0) is 32.3 Å². The van der Waals surface area contributed by atoms with Crippen molar-refractivity contribution in [2.45, 2.75) is 38.3 Å². The number of aliphatic hydroxyl groups excluding tert-OH is 1. The molecule has 2 unspecified atom stereocenters. The van der Waals surface area contributed by atoms with E-state index in [4.69, 9.17) is 16.6 Å². The second-order valence-corrected chi connectivity index (χ2v) is 6.81. The first-order valence-corrected chi connectivity index (χ1v) is 8.56. The van der Waals surface area contributed by atoms with Gasteiger partial charge >= 0.3 is 0 Å². The molecule has 0 amide bonds. The van der Waals surface area contributed by atoms with Gasteiger partial charge in [0.2, 0.25) is 0 Å². The van der Waals surface area contributed by atoms with Gasteiger partial charge in [-0.15, -0.1) is 11.3 Å². The van der Waals surface area contributed by atoms with E-state index in [1.807, 2.05) is 31.2 Å². The van der Waals surface area contributed by atoms with Crippen LogP contribution in [0.3, 0.4) is 0 Å². The van der Waals surface area contributed by atoms with Gasteiger partial charge in [-0.1, -0.05) is 29.8 Å². The zero-order valence-electron chi connectivity index (χ0n) is 12.0. The van der Waals surface area contributed by atoms with E-state index in [0.29, 0.717) is 6.04 Å². The molecule has 1 aromatic heterocycles. The molecule has 0 bridgehead atoms. The van der Waals surface area contributed by atoms with Gasteiger partial charge < -0.3 is 10.0 Å². The lowest BCUT2D eigenvalue weighted by molar-refractivity contribution is 0.175. The van der Waals surface area contributed by atoms with Gasteiger partial charge in [0.25, 0.3) is 0 Å². The van der Waals surface area contributed by atoms with Crippen LogP contribution in [0.25, 0.3) is 11.3 Å². The Morgan fingerprint density at radius 1 is 1.48 bits per heavy atom. The van der Waals surface area contributed by atoms with Gasteiger partial charge in [-0.3, -0.25) is 0 Å². The number of aliphatic hydroxyl groups is 1. The van der Waals surface area contributed by atoms with Crippen LogP contribution in [0, 0.1) is 0 Å². The Balaban J connectivity index is 1.83. The fourth-order valence-corrected chi connectivity index (χ4v) is 4.07. The highest BCUT2D eigenvalue weighted by Crippen LogP contribution is 2.35. The summed E-state index contributed by atoms with van der Waals surface area (Å²) < 4.78 is 0. The minimum atomic E-state index is -0.265. The van der Waals surface area contributed by atoms with E-state index in [0.717, 1.165) is 40.8 Å². The van der Waals surface area contributed by atoms with Gasteiger partial charge in [-0.2, -0.15) is 0 Å². The van der Waals surface area contributed by atoms with E-state index in [1.165, 1.54) is 6.42 Å². The quantitative estimate of drug-likeness (QED) is 0.916. The van der Waals surface area contributed by atoms with Crippen LogP contribution in [0.1, 0.15) is 26.2 Å². The number of rotatable bonds is 4. The third-order valence-corrected chi connectivity index (χ3v) is 5.09. The average molecular weight is 323 g/mol. The highest BCUT2D eigenvalue weighted by atomic mass is 35.5. The Hall–Kier alpha value is -1.10. The molecule has 1 saturated heterocycles. The lowest BCUT2D eigenvalue weighted by Crippen LogP contribution is -2.31. The molecule has 3 nitrogen and oxygen atoms in total. The molecular formula is C16H19ClN2OS. The van der Waals surface area contributed by atoms with Crippen LogP contribution in [0.15, 0.2) is 29.6 Å². The normalized spacial score (nSPS) is 20.0. The Labute approximate surface area is 134 Å². The lowest BCUT2D eigenvalue weighted by Gasteiger charge is -2.24. The SMILES string of the molecule is CC(O)CC1CCCN1c1nc(-c2ccccc2Cl)cs1. The Kier molecular flexibility index (Phi) is 4.48. The largest absolute Gasteiger partial charge is 0.393 e. The molecule has 112 valence electrons. The Morgan fingerprint density at radius 3 is 3.05 bits per heavy atom. The van der Waals surface area contributed by atoms with Gasteiger partial charge in [-0.25, -0.2) is 4.98 Å². The van der Waals surface area contributed by atoms with Gasteiger partial charge in [0.15, 0.2) is 5.13 Å². The zero-order valence-corrected chi connectivity index (χ0v) is 13.6. The molecule has 1 aliphatic heterocycles. The number of anilines is 1. The molecular weight excluding hydrogens is 304 g/mol. The maximum atomic E-state index is 9.64. The van der Waals surface area contributed by atoms with Gasteiger partial charge in [0.05, 0.1) is 11.8 Å². The van der Waals surface area contributed by atoms with Crippen molar-refractivity contribution in [3.05, 3.63) is 34.7 Å². The van der Waals surface area contributed by atoms with Crippen LogP contribution >= 0.6 is 22.9 Å². The van der Waals surface area contributed by atoms with E-state index in [1.54, 1.807) is 11.3 Å². The van der Waals surface area contributed by atoms with Gasteiger partial charge in [0.1, 0.15) is 0 Å². The fraction of sp³-hybridized carbons (Fsp3) is 0.438.